The first-order valence-electron chi connectivity index (χ1n) is 4.97. The maximum absolute atomic E-state index is 4.36. The van der Waals surface area contributed by atoms with Crippen LogP contribution in [0.15, 0.2) is 58.7 Å². The summed E-state index contributed by atoms with van der Waals surface area (Å²) < 4.78 is 0. The number of benzene rings is 1. The quantitative estimate of drug-likeness (QED) is 0.593. The van der Waals surface area contributed by atoms with E-state index in [9.17, 15) is 0 Å². The number of nitrogens with zero attached hydrogens (tertiary/aromatic N) is 2. The number of aliphatic imine (C=N–C) groups is 1. The molecule has 2 aromatic rings. The first-order chi connectivity index (χ1) is 7.88. The Morgan fingerprint density at radius 2 is 1.94 bits per heavy atom. The number of aromatic nitrogens is 1. The van der Waals surface area contributed by atoms with E-state index in [4.69, 9.17) is 0 Å². The average Bonchev–Trinajstić information content (AvgIpc) is 2.38. The third kappa shape index (κ3) is 2.94. The summed E-state index contributed by atoms with van der Waals surface area (Å²) in [4.78, 5) is 8.61. The molecule has 0 aliphatic heterocycles. The molecule has 0 aliphatic rings. The zero-order valence-corrected chi connectivity index (χ0v) is 9.82. The fraction of sp³-hybridized carbons (Fsp3) is 0.0769. The Morgan fingerprint density at radius 3 is 2.56 bits per heavy atom. The smallest absolute Gasteiger partial charge is 0.0958 e. The van der Waals surface area contributed by atoms with Gasteiger partial charge in [-0.2, -0.15) is 0 Å². The van der Waals surface area contributed by atoms with Crippen molar-refractivity contribution in [1.82, 2.24) is 4.98 Å². The van der Waals surface area contributed by atoms with Gasteiger partial charge in [0.25, 0.3) is 0 Å². The van der Waals surface area contributed by atoms with Gasteiger partial charge < -0.3 is 0 Å². The Bertz CT molecular complexity index is 463. The molecule has 0 N–H and O–H groups in total. The van der Waals surface area contributed by atoms with Crippen molar-refractivity contribution >= 4 is 23.7 Å². The summed E-state index contributed by atoms with van der Waals surface area (Å²) in [6.07, 6.45) is 5.64. The second-order valence-electron chi connectivity index (χ2n) is 3.23. The molecule has 1 aromatic carbocycles. The number of rotatable bonds is 3. The predicted octanol–water partition coefficient (Wildman–Crippen LogP) is 3.55. The molecule has 0 saturated heterocycles. The van der Waals surface area contributed by atoms with Crippen LogP contribution in [-0.4, -0.2) is 17.5 Å². The summed E-state index contributed by atoms with van der Waals surface area (Å²) in [6, 6.07) is 14.0. The van der Waals surface area contributed by atoms with Gasteiger partial charge in [0.1, 0.15) is 0 Å². The third-order valence-electron chi connectivity index (χ3n) is 2.09. The zero-order valence-electron chi connectivity index (χ0n) is 9.00. The van der Waals surface area contributed by atoms with Crippen molar-refractivity contribution in [3.8, 4) is 0 Å². The molecule has 0 unspecified atom stereocenters. The Hall–Kier alpha value is -1.61. The van der Waals surface area contributed by atoms with Crippen LogP contribution >= 0.6 is 11.8 Å². The molecule has 0 radical (unpaired) electrons. The standard InChI is InChI=1S/C13H12N2S/c1-16-13-8-7-12(10-15-13)14-9-11-5-3-2-4-6-11/h2-10H,1H3/b14-9+. The normalized spacial score (nSPS) is 10.8. The van der Waals surface area contributed by atoms with Gasteiger partial charge in [0.05, 0.1) is 16.9 Å². The van der Waals surface area contributed by atoms with Gasteiger partial charge in [0, 0.05) is 6.21 Å². The van der Waals surface area contributed by atoms with Crippen LogP contribution < -0.4 is 0 Å². The molecule has 2 nitrogen and oxygen atoms in total. The lowest BCUT2D eigenvalue weighted by atomic mass is 10.2. The second kappa shape index (κ2) is 5.47. The van der Waals surface area contributed by atoms with Crippen LogP contribution in [0.3, 0.4) is 0 Å². The molecular weight excluding hydrogens is 216 g/mol. The summed E-state index contributed by atoms with van der Waals surface area (Å²) in [7, 11) is 0. The monoisotopic (exact) mass is 228 g/mol. The van der Waals surface area contributed by atoms with Gasteiger partial charge in [-0.25, -0.2) is 4.98 Å². The molecule has 0 saturated carbocycles. The van der Waals surface area contributed by atoms with Crippen molar-refractivity contribution < 1.29 is 0 Å². The molecule has 0 spiro atoms. The molecule has 80 valence electrons. The molecule has 0 aliphatic carbocycles. The van der Waals surface area contributed by atoms with Crippen molar-refractivity contribution in [2.75, 3.05) is 6.26 Å². The molecule has 2 rings (SSSR count). The summed E-state index contributed by atoms with van der Waals surface area (Å²) in [5.74, 6) is 0. The lowest BCUT2D eigenvalue weighted by Crippen LogP contribution is -1.79. The Kier molecular flexibility index (Phi) is 3.72. The van der Waals surface area contributed by atoms with Crippen LogP contribution in [-0.2, 0) is 0 Å². The van der Waals surface area contributed by atoms with E-state index in [2.05, 4.69) is 9.98 Å². The van der Waals surface area contributed by atoms with E-state index in [1.54, 1.807) is 18.0 Å². The van der Waals surface area contributed by atoms with Crippen LogP contribution in [0.5, 0.6) is 0 Å². The molecule has 0 amide bonds. The van der Waals surface area contributed by atoms with Gasteiger partial charge >= 0.3 is 0 Å². The summed E-state index contributed by atoms with van der Waals surface area (Å²) >= 11 is 1.63. The van der Waals surface area contributed by atoms with E-state index in [0.717, 1.165) is 16.3 Å². The molecule has 1 heterocycles. The number of thioether (sulfide) groups is 1. The minimum absolute atomic E-state index is 0.877. The highest BCUT2D eigenvalue weighted by molar-refractivity contribution is 7.98. The molecule has 16 heavy (non-hydrogen) atoms. The van der Waals surface area contributed by atoms with E-state index in [0.29, 0.717) is 0 Å². The molecule has 1 aromatic heterocycles. The third-order valence-corrected chi connectivity index (χ3v) is 2.75. The molecule has 0 fully saturated rings. The second-order valence-corrected chi connectivity index (χ2v) is 4.05. The largest absolute Gasteiger partial charge is 0.255 e. The zero-order chi connectivity index (χ0) is 11.2. The van der Waals surface area contributed by atoms with Crippen molar-refractivity contribution in [3.05, 3.63) is 54.2 Å². The lowest BCUT2D eigenvalue weighted by molar-refractivity contribution is 1.13. The molecule has 0 bridgehead atoms. The van der Waals surface area contributed by atoms with Gasteiger partial charge in [-0.15, -0.1) is 11.8 Å². The van der Waals surface area contributed by atoms with Crippen molar-refractivity contribution in [2.24, 2.45) is 4.99 Å². The minimum atomic E-state index is 0.877. The number of pyridine rings is 1. The van der Waals surface area contributed by atoms with Gasteiger partial charge in [0.2, 0.25) is 0 Å². The van der Waals surface area contributed by atoms with E-state index in [1.807, 2.05) is 54.9 Å². The topological polar surface area (TPSA) is 25.2 Å². The van der Waals surface area contributed by atoms with E-state index in [-0.39, 0.29) is 0 Å². The Morgan fingerprint density at radius 1 is 1.12 bits per heavy atom. The fourth-order valence-electron chi connectivity index (χ4n) is 1.26. The van der Waals surface area contributed by atoms with E-state index < -0.39 is 0 Å². The highest BCUT2D eigenvalue weighted by Crippen LogP contribution is 2.15. The number of hydrogen-bond acceptors (Lipinski definition) is 3. The Labute approximate surface area is 99.5 Å². The summed E-state index contributed by atoms with van der Waals surface area (Å²) in [6.45, 7) is 0. The highest BCUT2D eigenvalue weighted by Gasteiger charge is 1.91. The van der Waals surface area contributed by atoms with E-state index in [1.165, 1.54) is 0 Å². The van der Waals surface area contributed by atoms with Gasteiger partial charge in [-0.1, -0.05) is 30.3 Å². The minimum Gasteiger partial charge on any atom is -0.255 e. The fourth-order valence-corrected chi connectivity index (χ4v) is 1.62. The van der Waals surface area contributed by atoms with Gasteiger partial charge in [0.15, 0.2) is 0 Å². The first kappa shape index (κ1) is 10.9. The van der Waals surface area contributed by atoms with Crippen molar-refractivity contribution in [1.29, 1.82) is 0 Å². The van der Waals surface area contributed by atoms with Crippen LogP contribution in [0, 0.1) is 0 Å². The molecular formula is C13H12N2S. The molecule has 3 heteroatoms. The summed E-state index contributed by atoms with van der Waals surface area (Å²) in [5.41, 5.74) is 1.97. The van der Waals surface area contributed by atoms with Crippen LogP contribution in [0.2, 0.25) is 0 Å². The van der Waals surface area contributed by atoms with Crippen molar-refractivity contribution in [3.63, 3.8) is 0 Å². The van der Waals surface area contributed by atoms with Crippen LogP contribution in [0.4, 0.5) is 5.69 Å². The maximum atomic E-state index is 4.36. The first-order valence-corrected chi connectivity index (χ1v) is 6.20. The van der Waals surface area contributed by atoms with Crippen LogP contribution in [0.25, 0.3) is 0 Å². The number of hydrogen-bond donors (Lipinski definition) is 0. The summed E-state index contributed by atoms with van der Waals surface area (Å²) in [5, 5.41) is 1.01. The SMILES string of the molecule is CSc1ccc(/N=C/c2ccccc2)cn1. The van der Waals surface area contributed by atoms with Crippen molar-refractivity contribution in [2.45, 2.75) is 5.03 Å². The van der Waals surface area contributed by atoms with Crippen LogP contribution in [0.1, 0.15) is 5.56 Å². The van der Waals surface area contributed by atoms with Gasteiger partial charge in [-0.05, 0) is 24.0 Å². The van der Waals surface area contributed by atoms with Gasteiger partial charge in [-0.3, -0.25) is 4.99 Å². The highest BCUT2D eigenvalue weighted by atomic mass is 32.2. The lowest BCUT2D eigenvalue weighted by Gasteiger charge is -1.96. The maximum Gasteiger partial charge on any atom is 0.0958 e. The molecule has 0 atom stereocenters. The predicted molar refractivity (Wildman–Crippen MR) is 69.7 cm³/mol. The average molecular weight is 228 g/mol. The Balaban J connectivity index is 2.12. The van der Waals surface area contributed by atoms with E-state index >= 15 is 0 Å².